The average molecular weight is 522 g/mol. The van der Waals surface area contributed by atoms with Crippen LogP contribution in [0.3, 0.4) is 0 Å². The summed E-state index contributed by atoms with van der Waals surface area (Å²) in [6.45, 7) is 0. The van der Waals surface area contributed by atoms with Gasteiger partial charge in [-0.2, -0.15) is 0 Å². The molecule has 0 spiro atoms. The van der Waals surface area contributed by atoms with E-state index >= 15 is 0 Å². The molecule has 41 heavy (non-hydrogen) atoms. The van der Waals surface area contributed by atoms with Gasteiger partial charge in [0, 0.05) is 21.8 Å². The maximum Gasteiger partial charge on any atom is 0.0619 e. The Morgan fingerprint density at radius 3 is 1.46 bits per heavy atom. The molecule has 0 radical (unpaired) electrons. The molecular formula is C40H27N. The minimum atomic E-state index is 1.17. The predicted octanol–water partition coefficient (Wildman–Crippen LogP) is 10.9. The Kier molecular flexibility index (Phi) is 5.53. The van der Waals surface area contributed by atoms with Gasteiger partial charge < -0.3 is 4.57 Å². The minimum Gasteiger partial charge on any atom is -0.309 e. The third-order valence-corrected chi connectivity index (χ3v) is 8.17. The van der Waals surface area contributed by atoms with Crippen LogP contribution in [0.25, 0.3) is 71.6 Å². The van der Waals surface area contributed by atoms with Crippen LogP contribution in [0.15, 0.2) is 164 Å². The van der Waals surface area contributed by atoms with Crippen molar-refractivity contribution in [2.75, 3.05) is 0 Å². The zero-order chi connectivity index (χ0) is 27.2. The monoisotopic (exact) mass is 521 g/mol. The molecule has 8 rings (SSSR count). The normalized spacial score (nSPS) is 11.4. The molecule has 1 aromatic heterocycles. The standard InChI is InChI=1S/C40H27N/c1-3-11-28(12-4-1)32-25-33(29-13-5-2-6-14-29)27-34(26-32)30-19-22-35(23-20-30)41-39-18-10-9-17-37(39)38-24-21-31-15-7-8-16-36(31)40(38)41/h1-27H. The van der Waals surface area contributed by atoms with Gasteiger partial charge in [0.2, 0.25) is 0 Å². The van der Waals surface area contributed by atoms with E-state index < -0.39 is 0 Å². The highest BCUT2D eigenvalue weighted by atomic mass is 15.0. The Morgan fingerprint density at radius 1 is 0.317 bits per heavy atom. The topological polar surface area (TPSA) is 4.93 Å². The molecular weight excluding hydrogens is 494 g/mol. The number of hydrogen-bond acceptors (Lipinski definition) is 0. The van der Waals surface area contributed by atoms with Crippen LogP contribution in [-0.4, -0.2) is 4.57 Å². The van der Waals surface area contributed by atoms with Gasteiger partial charge in [0.05, 0.1) is 11.0 Å². The zero-order valence-corrected chi connectivity index (χ0v) is 22.5. The van der Waals surface area contributed by atoms with E-state index in [1.165, 1.54) is 71.6 Å². The van der Waals surface area contributed by atoms with Crippen molar-refractivity contribution < 1.29 is 0 Å². The molecule has 0 aliphatic heterocycles. The van der Waals surface area contributed by atoms with Crippen molar-refractivity contribution in [1.82, 2.24) is 4.57 Å². The molecule has 0 bridgehead atoms. The first-order valence-corrected chi connectivity index (χ1v) is 14.1. The zero-order valence-electron chi connectivity index (χ0n) is 22.5. The average Bonchev–Trinajstić information content (AvgIpc) is 3.40. The smallest absolute Gasteiger partial charge is 0.0619 e. The number of fused-ring (bicyclic) bond motifs is 5. The van der Waals surface area contributed by atoms with E-state index in [9.17, 15) is 0 Å². The molecule has 0 saturated heterocycles. The van der Waals surface area contributed by atoms with E-state index in [0.717, 1.165) is 0 Å². The van der Waals surface area contributed by atoms with Gasteiger partial charge >= 0.3 is 0 Å². The Morgan fingerprint density at radius 2 is 0.829 bits per heavy atom. The molecule has 0 amide bonds. The lowest BCUT2D eigenvalue weighted by Gasteiger charge is -2.13. The van der Waals surface area contributed by atoms with Crippen molar-refractivity contribution in [2.24, 2.45) is 0 Å². The Bertz CT molecular complexity index is 2110. The Hall–Kier alpha value is -5.40. The molecule has 0 aliphatic rings. The molecule has 0 atom stereocenters. The summed E-state index contributed by atoms with van der Waals surface area (Å²) in [5.74, 6) is 0. The van der Waals surface area contributed by atoms with Crippen LogP contribution in [0.4, 0.5) is 0 Å². The third-order valence-electron chi connectivity index (χ3n) is 8.17. The van der Waals surface area contributed by atoms with Crippen molar-refractivity contribution in [3.8, 4) is 39.1 Å². The second kappa shape index (κ2) is 9.66. The summed E-state index contributed by atoms with van der Waals surface area (Å²) >= 11 is 0. The molecule has 0 unspecified atom stereocenters. The first-order valence-electron chi connectivity index (χ1n) is 14.1. The van der Waals surface area contributed by atoms with Gasteiger partial charge in [0.15, 0.2) is 0 Å². The van der Waals surface area contributed by atoms with Crippen LogP contribution in [-0.2, 0) is 0 Å². The Balaban J connectivity index is 1.31. The summed E-state index contributed by atoms with van der Waals surface area (Å²) in [5, 5.41) is 5.09. The Labute approximate surface area is 239 Å². The van der Waals surface area contributed by atoms with Crippen molar-refractivity contribution >= 4 is 32.6 Å². The van der Waals surface area contributed by atoms with Crippen LogP contribution in [0.5, 0.6) is 0 Å². The summed E-state index contributed by atoms with van der Waals surface area (Å²) in [4.78, 5) is 0. The van der Waals surface area contributed by atoms with Gasteiger partial charge in [0.25, 0.3) is 0 Å². The fourth-order valence-electron chi connectivity index (χ4n) is 6.19. The second-order valence-electron chi connectivity index (χ2n) is 10.6. The van der Waals surface area contributed by atoms with Crippen LogP contribution >= 0.6 is 0 Å². The SMILES string of the molecule is c1ccc(-c2cc(-c3ccccc3)cc(-c3ccc(-n4c5ccccc5c5ccc6ccccc6c54)cc3)c2)cc1. The van der Waals surface area contributed by atoms with Crippen LogP contribution < -0.4 is 0 Å². The first-order chi connectivity index (χ1) is 20.3. The summed E-state index contributed by atoms with van der Waals surface area (Å²) < 4.78 is 2.42. The highest BCUT2D eigenvalue weighted by Gasteiger charge is 2.15. The summed E-state index contributed by atoms with van der Waals surface area (Å²) in [5.41, 5.74) is 11.0. The number of hydrogen-bond donors (Lipinski definition) is 0. The quantitative estimate of drug-likeness (QED) is 0.217. The van der Waals surface area contributed by atoms with E-state index in [-0.39, 0.29) is 0 Å². The van der Waals surface area contributed by atoms with Crippen molar-refractivity contribution in [3.63, 3.8) is 0 Å². The second-order valence-corrected chi connectivity index (χ2v) is 10.6. The fourth-order valence-corrected chi connectivity index (χ4v) is 6.19. The summed E-state index contributed by atoms with van der Waals surface area (Å²) in [6.07, 6.45) is 0. The van der Waals surface area contributed by atoms with Crippen LogP contribution in [0, 0.1) is 0 Å². The highest BCUT2D eigenvalue weighted by molar-refractivity contribution is 6.18. The summed E-state index contributed by atoms with van der Waals surface area (Å²) in [7, 11) is 0. The van der Waals surface area contributed by atoms with Crippen molar-refractivity contribution in [1.29, 1.82) is 0 Å². The highest BCUT2D eigenvalue weighted by Crippen LogP contribution is 2.38. The van der Waals surface area contributed by atoms with Gasteiger partial charge in [0.1, 0.15) is 0 Å². The lowest BCUT2D eigenvalue weighted by molar-refractivity contribution is 1.19. The van der Waals surface area contributed by atoms with E-state index in [0.29, 0.717) is 0 Å². The van der Waals surface area contributed by atoms with Gasteiger partial charge in [-0.3, -0.25) is 0 Å². The number of para-hydroxylation sites is 1. The lowest BCUT2D eigenvalue weighted by atomic mass is 9.93. The van der Waals surface area contributed by atoms with Gasteiger partial charge in [-0.05, 0) is 75.2 Å². The van der Waals surface area contributed by atoms with Crippen molar-refractivity contribution in [3.05, 3.63) is 164 Å². The third kappa shape index (κ3) is 4.02. The molecule has 192 valence electrons. The molecule has 1 nitrogen and oxygen atoms in total. The summed E-state index contributed by atoms with van der Waals surface area (Å²) in [6, 6.07) is 59.2. The van der Waals surface area contributed by atoms with Gasteiger partial charge in [-0.1, -0.05) is 127 Å². The molecule has 8 aromatic rings. The molecule has 7 aromatic carbocycles. The number of benzene rings is 7. The lowest BCUT2D eigenvalue weighted by Crippen LogP contribution is -1.94. The van der Waals surface area contributed by atoms with Crippen LogP contribution in [0.2, 0.25) is 0 Å². The number of aromatic nitrogens is 1. The minimum absolute atomic E-state index is 1.17. The van der Waals surface area contributed by atoms with E-state index in [2.05, 4.69) is 168 Å². The van der Waals surface area contributed by atoms with E-state index in [4.69, 9.17) is 0 Å². The maximum absolute atomic E-state index is 2.42. The first kappa shape index (κ1) is 23.5. The molecule has 0 fully saturated rings. The predicted molar refractivity (Wildman–Crippen MR) is 175 cm³/mol. The van der Waals surface area contributed by atoms with E-state index in [1.807, 2.05) is 0 Å². The molecule has 0 aliphatic carbocycles. The fraction of sp³-hybridized carbons (Fsp3) is 0. The molecule has 1 heterocycles. The van der Waals surface area contributed by atoms with E-state index in [1.54, 1.807) is 0 Å². The number of nitrogens with zero attached hydrogens (tertiary/aromatic N) is 1. The molecule has 0 saturated carbocycles. The van der Waals surface area contributed by atoms with Crippen LogP contribution in [0.1, 0.15) is 0 Å². The molecule has 1 heteroatoms. The largest absolute Gasteiger partial charge is 0.309 e. The maximum atomic E-state index is 2.42. The van der Waals surface area contributed by atoms with Gasteiger partial charge in [-0.25, -0.2) is 0 Å². The van der Waals surface area contributed by atoms with Gasteiger partial charge in [-0.15, -0.1) is 0 Å². The number of rotatable bonds is 4. The molecule has 0 N–H and O–H groups in total. The van der Waals surface area contributed by atoms with Crippen molar-refractivity contribution in [2.45, 2.75) is 0 Å².